The lowest BCUT2D eigenvalue weighted by Gasteiger charge is -2.38. The quantitative estimate of drug-likeness (QED) is 0.828. The number of ether oxygens (including phenoxy) is 2. The molecule has 26 heavy (non-hydrogen) atoms. The number of piperidine rings is 1. The van der Waals surface area contributed by atoms with Gasteiger partial charge in [-0.1, -0.05) is 6.07 Å². The van der Waals surface area contributed by atoms with Crippen LogP contribution in [0.1, 0.15) is 34.9 Å². The molecular formula is C20H25NO4S. The third-order valence-electron chi connectivity index (χ3n) is 5.06. The first kappa shape index (κ1) is 18.7. The van der Waals surface area contributed by atoms with E-state index in [0.717, 1.165) is 36.4 Å². The summed E-state index contributed by atoms with van der Waals surface area (Å²) < 4.78 is 11.3. The molecule has 1 aromatic heterocycles. The van der Waals surface area contributed by atoms with Gasteiger partial charge in [-0.25, -0.2) is 0 Å². The van der Waals surface area contributed by atoms with Crippen molar-refractivity contribution in [2.24, 2.45) is 5.92 Å². The maximum absolute atomic E-state index is 11.6. The van der Waals surface area contributed by atoms with Gasteiger partial charge in [0.2, 0.25) is 0 Å². The number of carboxylic acid groups (broad SMARTS) is 1. The molecule has 0 radical (unpaired) electrons. The SMILES string of the molecule is COc1cccc(OC)c1C(c1sccc1C)N1CCCC(C(=O)O)C1. The maximum atomic E-state index is 11.6. The van der Waals surface area contributed by atoms with Crippen LogP contribution in [-0.2, 0) is 4.79 Å². The lowest BCUT2D eigenvalue weighted by atomic mass is 9.92. The fourth-order valence-corrected chi connectivity index (χ4v) is 4.80. The summed E-state index contributed by atoms with van der Waals surface area (Å²) >= 11 is 1.69. The Hall–Kier alpha value is -2.05. The fraction of sp³-hybridized carbons (Fsp3) is 0.450. The van der Waals surface area contributed by atoms with Gasteiger partial charge in [-0.15, -0.1) is 11.3 Å². The van der Waals surface area contributed by atoms with Crippen molar-refractivity contribution in [1.29, 1.82) is 0 Å². The topological polar surface area (TPSA) is 59.0 Å². The minimum Gasteiger partial charge on any atom is -0.496 e. The van der Waals surface area contributed by atoms with Crippen LogP contribution in [0.5, 0.6) is 11.5 Å². The summed E-state index contributed by atoms with van der Waals surface area (Å²) in [6.07, 6.45) is 1.60. The minimum absolute atomic E-state index is 0.0803. The molecule has 5 nitrogen and oxygen atoms in total. The van der Waals surface area contributed by atoms with E-state index in [9.17, 15) is 9.90 Å². The van der Waals surface area contributed by atoms with Crippen molar-refractivity contribution in [3.8, 4) is 11.5 Å². The molecular weight excluding hydrogens is 350 g/mol. The van der Waals surface area contributed by atoms with Gasteiger partial charge in [0.25, 0.3) is 0 Å². The number of hydrogen-bond acceptors (Lipinski definition) is 5. The summed E-state index contributed by atoms with van der Waals surface area (Å²) in [5.41, 5.74) is 2.17. The lowest BCUT2D eigenvalue weighted by molar-refractivity contribution is -0.143. The van der Waals surface area contributed by atoms with Crippen molar-refractivity contribution >= 4 is 17.3 Å². The molecule has 1 aromatic carbocycles. The van der Waals surface area contributed by atoms with Gasteiger partial charge in [0, 0.05) is 11.4 Å². The van der Waals surface area contributed by atoms with Gasteiger partial charge >= 0.3 is 5.97 Å². The van der Waals surface area contributed by atoms with Gasteiger partial charge in [-0.2, -0.15) is 0 Å². The molecule has 0 aliphatic carbocycles. The van der Waals surface area contributed by atoms with Crippen molar-refractivity contribution in [1.82, 2.24) is 4.90 Å². The summed E-state index contributed by atoms with van der Waals surface area (Å²) in [6.45, 7) is 3.48. The molecule has 0 spiro atoms. The van der Waals surface area contributed by atoms with E-state index >= 15 is 0 Å². The molecule has 0 bridgehead atoms. The number of thiophene rings is 1. The van der Waals surface area contributed by atoms with E-state index in [-0.39, 0.29) is 12.0 Å². The van der Waals surface area contributed by atoms with Gasteiger partial charge in [-0.05, 0) is 55.5 Å². The second-order valence-corrected chi connectivity index (χ2v) is 7.57. The number of hydrogen-bond donors (Lipinski definition) is 1. The second kappa shape index (κ2) is 8.10. The van der Waals surface area contributed by atoms with E-state index < -0.39 is 5.97 Å². The Morgan fingerprint density at radius 3 is 2.50 bits per heavy atom. The predicted molar refractivity (Wildman–Crippen MR) is 102 cm³/mol. The molecule has 2 heterocycles. The summed E-state index contributed by atoms with van der Waals surface area (Å²) in [6, 6.07) is 7.81. The third kappa shape index (κ3) is 3.57. The van der Waals surface area contributed by atoms with Gasteiger partial charge in [0.15, 0.2) is 0 Å². The minimum atomic E-state index is -0.719. The average molecular weight is 375 g/mol. The predicted octanol–water partition coefficient (Wildman–Crippen LogP) is 3.96. The maximum Gasteiger partial charge on any atom is 0.307 e. The Morgan fingerprint density at radius 1 is 1.27 bits per heavy atom. The van der Waals surface area contributed by atoms with Crippen LogP contribution < -0.4 is 9.47 Å². The van der Waals surface area contributed by atoms with Crippen LogP contribution in [0, 0.1) is 12.8 Å². The highest BCUT2D eigenvalue weighted by Gasteiger charge is 2.35. The second-order valence-electron chi connectivity index (χ2n) is 6.62. The molecule has 0 saturated carbocycles. The van der Waals surface area contributed by atoms with Crippen molar-refractivity contribution in [3.63, 3.8) is 0 Å². The summed E-state index contributed by atoms with van der Waals surface area (Å²) in [5, 5.41) is 11.6. The molecule has 2 aromatic rings. The number of carboxylic acids is 1. The van der Waals surface area contributed by atoms with E-state index in [1.165, 1.54) is 10.4 Å². The first-order chi connectivity index (χ1) is 12.6. The van der Waals surface area contributed by atoms with Crippen LogP contribution in [0.4, 0.5) is 0 Å². The van der Waals surface area contributed by atoms with Gasteiger partial charge in [-0.3, -0.25) is 9.69 Å². The normalized spacial score (nSPS) is 19.1. The van der Waals surface area contributed by atoms with Crippen LogP contribution in [0.25, 0.3) is 0 Å². The number of aliphatic carboxylic acids is 1. The smallest absolute Gasteiger partial charge is 0.307 e. The molecule has 2 atom stereocenters. The zero-order valence-corrected chi connectivity index (χ0v) is 16.2. The third-order valence-corrected chi connectivity index (χ3v) is 6.13. The molecule has 0 amide bonds. The average Bonchev–Trinajstić information content (AvgIpc) is 3.08. The fourth-order valence-electron chi connectivity index (χ4n) is 3.74. The number of nitrogens with zero attached hydrogens (tertiary/aromatic N) is 1. The monoisotopic (exact) mass is 375 g/mol. The molecule has 1 fully saturated rings. The van der Waals surface area contributed by atoms with Gasteiger partial charge in [0.1, 0.15) is 11.5 Å². The molecule has 1 aliphatic heterocycles. The Morgan fingerprint density at radius 2 is 1.96 bits per heavy atom. The summed E-state index contributed by atoms with van der Waals surface area (Å²) in [5.74, 6) is 0.467. The van der Waals surface area contributed by atoms with Crippen LogP contribution in [0.3, 0.4) is 0 Å². The summed E-state index contributed by atoms with van der Waals surface area (Å²) in [4.78, 5) is 15.1. The number of aryl methyl sites for hydroxylation is 1. The van der Waals surface area contributed by atoms with Crippen molar-refractivity contribution in [3.05, 3.63) is 45.6 Å². The number of carbonyl (C=O) groups is 1. The Balaban J connectivity index is 2.12. The van der Waals surface area contributed by atoms with E-state index in [4.69, 9.17) is 9.47 Å². The molecule has 1 saturated heterocycles. The number of benzene rings is 1. The number of likely N-dealkylation sites (tertiary alicyclic amines) is 1. The van der Waals surface area contributed by atoms with Gasteiger partial charge in [0.05, 0.1) is 31.7 Å². The Kier molecular flexibility index (Phi) is 5.84. The highest BCUT2D eigenvalue weighted by atomic mass is 32.1. The number of rotatable bonds is 6. The molecule has 140 valence electrons. The zero-order valence-electron chi connectivity index (χ0n) is 15.4. The van der Waals surface area contributed by atoms with E-state index in [0.29, 0.717) is 6.54 Å². The summed E-state index contributed by atoms with van der Waals surface area (Å²) in [7, 11) is 3.32. The molecule has 2 unspecified atom stereocenters. The first-order valence-electron chi connectivity index (χ1n) is 8.78. The van der Waals surface area contributed by atoms with Crippen LogP contribution in [0.15, 0.2) is 29.6 Å². The van der Waals surface area contributed by atoms with Gasteiger partial charge < -0.3 is 14.6 Å². The molecule has 1 aliphatic rings. The highest BCUT2D eigenvalue weighted by molar-refractivity contribution is 7.10. The standard InChI is InChI=1S/C20H25NO4S/c1-13-9-11-26-19(13)18(21-10-5-6-14(12-21)20(22)23)17-15(24-2)7-4-8-16(17)25-3/h4,7-9,11,14,18H,5-6,10,12H2,1-3H3,(H,22,23). The molecule has 6 heteroatoms. The zero-order chi connectivity index (χ0) is 18.7. The van der Waals surface area contributed by atoms with Crippen LogP contribution in [0.2, 0.25) is 0 Å². The van der Waals surface area contributed by atoms with Crippen molar-refractivity contribution < 1.29 is 19.4 Å². The van der Waals surface area contributed by atoms with Crippen LogP contribution >= 0.6 is 11.3 Å². The largest absolute Gasteiger partial charge is 0.496 e. The lowest BCUT2D eigenvalue weighted by Crippen LogP contribution is -2.41. The highest BCUT2D eigenvalue weighted by Crippen LogP contribution is 2.44. The van der Waals surface area contributed by atoms with Crippen LogP contribution in [-0.4, -0.2) is 43.3 Å². The Bertz CT molecular complexity index is 751. The molecule has 3 rings (SSSR count). The van der Waals surface area contributed by atoms with Crippen molar-refractivity contribution in [2.75, 3.05) is 27.3 Å². The molecule has 1 N–H and O–H groups in total. The number of methoxy groups -OCH3 is 2. The van der Waals surface area contributed by atoms with Crippen molar-refractivity contribution in [2.45, 2.75) is 25.8 Å². The van der Waals surface area contributed by atoms with E-state index in [2.05, 4.69) is 23.3 Å². The van der Waals surface area contributed by atoms with E-state index in [1.807, 2.05) is 18.2 Å². The Labute approximate surface area is 158 Å². The van der Waals surface area contributed by atoms with E-state index in [1.54, 1.807) is 25.6 Å². The first-order valence-corrected chi connectivity index (χ1v) is 9.66.